The lowest BCUT2D eigenvalue weighted by Gasteiger charge is -2.56. The van der Waals surface area contributed by atoms with E-state index in [0.29, 0.717) is 62.7 Å². The van der Waals surface area contributed by atoms with E-state index in [2.05, 4.69) is 18.7 Å². The van der Waals surface area contributed by atoms with E-state index in [4.69, 9.17) is 18.9 Å². The number of hydrogen-bond acceptors (Lipinski definition) is 7. The first-order valence-corrected chi connectivity index (χ1v) is 15.5. The van der Waals surface area contributed by atoms with Crippen LogP contribution in [0.2, 0.25) is 0 Å². The molecule has 2 aromatic rings. The summed E-state index contributed by atoms with van der Waals surface area (Å²) in [6.45, 7) is 17.4. The van der Waals surface area contributed by atoms with Gasteiger partial charge in [-0.2, -0.15) is 0 Å². The van der Waals surface area contributed by atoms with E-state index in [9.17, 15) is 9.90 Å². The average molecular weight is 561 g/mol. The molecule has 226 valence electrons. The number of ether oxygens (including phenoxy) is 4. The molecular weight excluding hydrogens is 508 g/mol. The first kappa shape index (κ1) is 32.4. The fourth-order valence-electron chi connectivity index (χ4n) is 7.14. The molecule has 0 amide bonds. The Morgan fingerprint density at radius 1 is 1.02 bits per heavy atom. The number of phenols is 1. The molecule has 3 aliphatic heterocycles. The van der Waals surface area contributed by atoms with E-state index < -0.39 is 0 Å². The molecule has 4 aliphatic rings. The van der Waals surface area contributed by atoms with Crippen LogP contribution in [0.25, 0.3) is 10.9 Å². The Morgan fingerprint density at radius 2 is 1.70 bits per heavy atom. The van der Waals surface area contributed by atoms with Gasteiger partial charge in [0.2, 0.25) is 0 Å². The van der Waals surface area contributed by atoms with Gasteiger partial charge in [0.1, 0.15) is 12.4 Å². The van der Waals surface area contributed by atoms with Crippen LogP contribution in [0.15, 0.2) is 18.2 Å². The highest BCUT2D eigenvalue weighted by Crippen LogP contribution is 2.54. The fourth-order valence-corrected chi connectivity index (χ4v) is 7.14. The molecule has 6 atom stereocenters. The summed E-state index contributed by atoms with van der Waals surface area (Å²) >= 11 is 0. The molecule has 40 heavy (non-hydrogen) atoms. The quantitative estimate of drug-likeness (QED) is 0.353. The van der Waals surface area contributed by atoms with Crippen LogP contribution >= 0.6 is 0 Å². The molecule has 8 nitrogen and oxygen atoms in total. The van der Waals surface area contributed by atoms with Crippen molar-refractivity contribution >= 4 is 17.0 Å². The number of hydrogen-bond donors (Lipinski definition) is 1. The molecule has 1 aliphatic carbocycles. The van der Waals surface area contributed by atoms with Crippen LogP contribution in [0.5, 0.6) is 5.75 Å². The van der Waals surface area contributed by atoms with Crippen LogP contribution in [-0.2, 0) is 25.4 Å². The standard InChI is InChI=1S/C28H40N2O6.2C2H6/c1-4-21-18(2)19-15-24-26(21)29(17-19)8-7-22-23-16-20(31)5-6-25(23)30(27(22)24)28(32)36-14-13-35-12-11-34-10-9-33-3;2*1-2/h5-6,16,18-19,21,24,26,31H,4,7-15,17H2,1-3H3;2*1-2H3/t18-,19?,21?,24?,26?;;/m0../s1. The maximum Gasteiger partial charge on any atom is 0.418 e. The van der Waals surface area contributed by atoms with Gasteiger partial charge in [-0.1, -0.05) is 48.0 Å². The van der Waals surface area contributed by atoms with E-state index in [1.807, 2.05) is 44.4 Å². The molecule has 3 fully saturated rings. The van der Waals surface area contributed by atoms with Crippen molar-refractivity contribution < 1.29 is 28.8 Å². The molecule has 5 unspecified atom stereocenters. The Morgan fingerprint density at radius 3 is 2.38 bits per heavy atom. The maximum absolute atomic E-state index is 13.5. The lowest BCUT2D eigenvalue weighted by Crippen LogP contribution is -2.59. The van der Waals surface area contributed by atoms with Crippen LogP contribution in [-0.4, -0.2) is 86.5 Å². The molecule has 1 N–H and O–H groups in total. The number of rotatable bonds is 10. The lowest BCUT2D eigenvalue weighted by atomic mass is 9.60. The molecule has 8 heteroatoms. The number of benzene rings is 1. The zero-order valence-corrected chi connectivity index (χ0v) is 25.8. The summed E-state index contributed by atoms with van der Waals surface area (Å²) in [5.41, 5.74) is 3.13. The number of carbonyl (C=O) groups excluding carboxylic acids is 1. The number of aromatic hydroxyl groups is 1. The summed E-state index contributed by atoms with van der Waals surface area (Å²) in [5.74, 6) is 2.50. The Labute approximate surface area is 240 Å². The van der Waals surface area contributed by atoms with Crippen molar-refractivity contribution in [3.05, 3.63) is 29.5 Å². The molecule has 0 radical (unpaired) electrons. The van der Waals surface area contributed by atoms with Gasteiger partial charge in [-0.25, -0.2) is 9.36 Å². The number of piperidine rings is 2. The highest BCUT2D eigenvalue weighted by molar-refractivity contribution is 5.95. The lowest BCUT2D eigenvalue weighted by molar-refractivity contribution is -0.0545. The average Bonchev–Trinajstić information content (AvgIpc) is 3.25. The minimum absolute atomic E-state index is 0.181. The van der Waals surface area contributed by atoms with Gasteiger partial charge in [0.15, 0.2) is 0 Å². The summed E-state index contributed by atoms with van der Waals surface area (Å²) in [4.78, 5) is 16.2. The van der Waals surface area contributed by atoms with Crippen molar-refractivity contribution in [1.29, 1.82) is 0 Å². The number of aromatic nitrogens is 1. The van der Waals surface area contributed by atoms with Gasteiger partial charge < -0.3 is 24.1 Å². The number of carbonyl (C=O) groups is 1. The predicted octanol–water partition coefficient (Wildman–Crippen LogP) is 6.07. The van der Waals surface area contributed by atoms with Crippen LogP contribution < -0.4 is 0 Å². The van der Waals surface area contributed by atoms with Crippen LogP contribution in [0, 0.1) is 17.8 Å². The molecule has 1 saturated carbocycles. The van der Waals surface area contributed by atoms with Gasteiger partial charge in [0.05, 0.1) is 38.6 Å². The van der Waals surface area contributed by atoms with E-state index in [0.717, 1.165) is 48.9 Å². The van der Waals surface area contributed by atoms with Gasteiger partial charge in [-0.05, 0) is 54.4 Å². The first-order chi connectivity index (χ1) is 19.5. The summed E-state index contributed by atoms with van der Waals surface area (Å²) in [5, 5.41) is 11.2. The van der Waals surface area contributed by atoms with E-state index >= 15 is 0 Å². The monoisotopic (exact) mass is 560 g/mol. The van der Waals surface area contributed by atoms with E-state index in [1.165, 1.54) is 5.56 Å². The van der Waals surface area contributed by atoms with Crippen molar-refractivity contribution in [2.45, 2.75) is 72.8 Å². The van der Waals surface area contributed by atoms with Crippen molar-refractivity contribution in [3.8, 4) is 5.75 Å². The second-order valence-corrected chi connectivity index (χ2v) is 10.5. The Balaban J connectivity index is 0.00000106. The van der Waals surface area contributed by atoms with Gasteiger partial charge in [-0.15, -0.1) is 0 Å². The van der Waals surface area contributed by atoms with Crippen LogP contribution in [0.3, 0.4) is 0 Å². The van der Waals surface area contributed by atoms with Crippen molar-refractivity contribution in [2.24, 2.45) is 17.8 Å². The molecule has 1 aromatic carbocycles. The summed E-state index contributed by atoms with van der Waals surface area (Å²) in [6.07, 6.45) is 2.78. The third kappa shape index (κ3) is 6.67. The second-order valence-electron chi connectivity index (χ2n) is 10.5. The smallest absolute Gasteiger partial charge is 0.418 e. The predicted molar refractivity (Wildman–Crippen MR) is 159 cm³/mol. The van der Waals surface area contributed by atoms with Crippen molar-refractivity contribution in [2.75, 3.05) is 59.8 Å². The fraction of sp³-hybridized carbons (Fsp3) is 0.719. The van der Waals surface area contributed by atoms with Crippen LogP contribution in [0.4, 0.5) is 4.79 Å². The van der Waals surface area contributed by atoms with Crippen molar-refractivity contribution in [1.82, 2.24) is 9.47 Å². The number of fused-ring (bicyclic) bond motifs is 4. The van der Waals surface area contributed by atoms with Gasteiger partial charge in [-0.3, -0.25) is 4.90 Å². The zero-order chi connectivity index (χ0) is 29.2. The highest BCUT2D eigenvalue weighted by atomic mass is 16.6. The molecule has 4 heterocycles. The molecular formula is C32H52N2O6. The maximum atomic E-state index is 13.5. The minimum Gasteiger partial charge on any atom is -0.508 e. The summed E-state index contributed by atoms with van der Waals surface area (Å²) < 4.78 is 23.5. The SMILES string of the molecule is CC.CC.CCC1C2C3CC(CN2CCc2c3n(C(=O)OCCOCCOCCOC)c3ccc(O)cc23)[C@@H]1C. The number of nitrogens with zero attached hydrogens (tertiary/aromatic N) is 2. The Bertz CT molecular complexity index is 1070. The Hall–Kier alpha value is -2.13. The molecule has 2 saturated heterocycles. The number of methoxy groups -OCH3 is 1. The molecule has 0 spiro atoms. The minimum atomic E-state index is -0.358. The molecule has 4 bridgehead atoms. The zero-order valence-electron chi connectivity index (χ0n) is 25.8. The second kappa shape index (κ2) is 15.8. The number of phenolic OH excluding ortho intramolecular Hbond substituents is 1. The summed E-state index contributed by atoms with van der Waals surface area (Å²) in [6, 6.07) is 5.77. The molecule has 6 rings (SSSR count). The largest absolute Gasteiger partial charge is 0.508 e. The van der Waals surface area contributed by atoms with Gasteiger partial charge in [0.25, 0.3) is 0 Å². The molecule has 1 aromatic heterocycles. The van der Waals surface area contributed by atoms with E-state index in [1.54, 1.807) is 13.2 Å². The summed E-state index contributed by atoms with van der Waals surface area (Å²) in [7, 11) is 1.64. The van der Waals surface area contributed by atoms with Crippen LogP contribution in [0.1, 0.15) is 71.6 Å². The van der Waals surface area contributed by atoms with Gasteiger partial charge in [0, 0.05) is 43.2 Å². The van der Waals surface area contributed by atoms with Gasteiger partial charge >= 0.3 is 6.09 Å². The highest BCUT2D eigenvalue weighted by Gasteiger charge is 2.53. The topological polar surface area (TPSA) is 82.4 Å². The third-order valence-corrected chi connectivity index (χ3v) is 8.72. The first-order valence-electron chi connectivity index (χ1n) is 15.5. The van der Waals surface area contributed by atoms with E-state index in [-0.39, 0.29) is 18.4 Å². The van der Waals surface area contributed by atoms with Crippen molar-refractivity contribution in [3.63, 3.8) is 0 Å². The Kier molecular flexibility index (Phi) is 12.8. The third-order valence-electron chi connectivity index (χ3n) is 8.72. The normalized spacial score (nSPS) is 26.2.